The van der Waals surface area contributed by atoms with Gasteiger partial charge in [-0.25, -0.2) is 0 Å². The Morgan fingerprint density at radius 2 is 2.00 bits per heavy atom. The van der Waals surface area contributed by atoms with Gasteiger partial charge < -0.3 is 26.2 Å². The number of nitrogens with zero attached hydrogens (tertiary/aromatic N) is 3. The van der Waals surface area contributed by atoms with Crippen molar-refractivity contribution in [1.29, 1.82) is 0 Å². The Morgan fingerprint density at radius 1 is 1.28 bits per heavy atom. The van der Waals surface area contributed by atoms with E-state index in [9.17, 15) is 9.59 Å². The van der Waals surface area contributed by atoms with Crippen LogP contribution >= 0.6 is 11.6 Å². The SMILES string of the molecule is CC(C)(N)C(=O)N[C@H](CC(=O)Oc1ccccc1)c1nnc2c(NCCO)cc(Cl)cn12. The van der Waals surface area contributed by atoms with Gasteiger partial charge in [-0.15, -0.1) is 10.2 Å². The van der Waals surface area contributed by atoms with Gasteiger partial charge in [0, 0.05) is 12.7 Å². The number of aromatic nitrogens is 3. The van der Waals surface area contributed by atoms with Gasteiger partial charge in [0.15, 0.2) is 11.5 Å². The van der Waals surface area contributed by atoms with E-state index in [4.69, 9.17) is 27.2 Å². The number of amides is 1. The molecule has 0 radical (unpaired) electrons. The van der Waals surface area contributed by atoms with Crippen molar-refractivity contribution >= 4 is 34.8 Å². The number of nitrogens with two attached hydrogens (primary N) is 1. The summed E-state index contributed by atoms with van der Waals surface area (Å²) in [4.78, 5) is 25.2. The third-order valence-corrected chi connectivity index (χ3v) is 4.68. The third kappa shape index (κ3) is 5.72. The number of carbonyl (C=O) groups is 2. The number of fused-ring (bicyclic) bond motifs is 1. The van der Waals surface area contributed by atoms with Crippen LogP contribution in [0.1, 0.15) is 32.1 Å². The highest BCUT2D eigenvalue weighted by Crippen LogP contribution is 2.26. The van der Waals surface area contributed by atoms with Crippen LogP contribution in [0, 0.1) is 0 Å². The van der Waals surface area contributed by atoms with Crippen molar-refractivity contribution in [2.24, 2.45) is 5.73 Å². The van der Waals surface area contributed by atoms with Crippen LogP contribution in [0.25, 0.3) is 5.65 Å². The Bertz CT molecular complexity index is 1100. The van der Waals surface area contributed by atoms with Crippen LogP contribution < -0.4 is 21.1 Å². The fourth-order valence-electron chi connectivity index (χ4n) is 2.92. The number of benzene rings is 1. The van der Waals surface area contributed by atoms with E-state index in [0.29, 0.717) is 22.1 Å². The molecule has 0 fully saturated rings. The fraction of sp³-hybridized carbons (Fsp3) is 0.333. The maximum absolute atomic E-state index is 12.6. The zero-order valence-electron chi connectivity index (χ0n) is 17.7. The summed E-state index contributed by atoms with van der Waals surface area (Å²) in [6.45, 7) is 3.30. The summed E-state index contributed by atoms with van der Waals surface area (Å²) >= 11 is 6.25. The van der Waals surface area contributed by atoms with Gasteiger partial charge in [-0.1, -0.05) is 29.8 Å². The van der Waals surface area contributed by atoms with Crippen LogP contribution in [0.3, 0.4) is 0 Å². The summed E-state index contributed by atoms with van der Waals surface area (Å²) in [6, 6.07) is 9.35. The first-order valence-electron chi connectivity index (χ1n) is 9.93. The highest BCUT2D eigenvalue weighted by atomic mass is 35.5. The van der Waals surface area contributed by atoms with Gasteiger partial charge in [0.25, 0.3) is 0 Å². The molecule has 32 heavy (non-hydrogen) atoms. The van der Waals surface area contributed by atoms with E-state index < -0.39 is 23.5 Å². The smallest absolute Gasteiger partial charge is 0.313 e. The number of pyridine rings is 1. The summed E-state index contributed by atoms with van der Waals surface area (Å²) in [5.41, 5.74) is 5.70. The number of ether oxygens (including phenoxy) is 1. The van der Waals surface area contributed by atoms with Crippen LogP contribution in [-0.2, 0) is 9.59 Å². The first-order chi connectivity index (χ1) is 15.2. The normalized spacial score (nSPS) is 12.4. The molecule has 11 heteroatoms. The third-order valence-electron chi connectivity index (χ3n) is 4.47. The second-order valence-electron chi connectivity index (χ2n) is 7.71. The first kappa shape index (κ1) is 23.5. The summed E-state index contributed by atoms with van der Waals surface area (Å²) in [6.07, 6.45) is 1.36. The Balaban J connectivity index is 1.95. The van der Waals surface area contributed by atoms with Gasteiger partial charge in [0.2, 0.25) is 5.91 Å². The van der Waals surface area contributed by atoms with Crippen LogP contribution in [0.5, 0.6) is 5.75 Å². The minimum atomic E-state index is -1.19. The summed E-state index contributed by atoms with van der Waals surface area (Å²) in [5, 5.41) is 23.6. The van der Waals surface area contributed by atoms with Crippen LogP contribution in [0.4, 0.5) is 5.69 Å². The minimum Gasteiger partial charge on any atom is -0.426 e. The van der Waals surface area contributed by atoms with Crippen molar-refractivity contribution in [2.75, 3.05) is 18.5 Å². The number of para-hydroxylation sites is 1. The molecule has 0 spiro atoms. The van der Waals surface area contributed by atoms with Crippen molar-refractivity contribution < 1.29 is 19.4 Å². The molecule has 0 aliphatic heterocycles. The number of aliphatic hydroxyl groups is 1. The van der Waals surface area contributed by atoms with Gasteiger partial charge in [0.1, 0.15) is 5.75 Å². The Kier molecular flexibility index (Phi) is 7.29. The molecule has 1 amide bonds. The number of hydrogen-bond donors (Lipinski definition) is 4. The van der Waals surface area contributed by atoms with Gasteiger partial charge in [0.05, 0.1) is 35.3 Å². The zero-order valence-corrected chi connectivity index (χ0v) is 18.5. The molecule has 1 atom stereocenters. The molecule has 3 rings (SSSR count). The van der Waals surface area contributed by atoms with Gasteiger partial charge in [-0.3, -0.25) is 14.0 Å². The van der Waals surface area contributed by atoms with Crippen LogP contribution in [-0.4, -0.2) is 50.3 Å². The molecule has 10 nitrogen and oxygen atoms in total. The number of hydrogen-bond acceptors (Lipinski definition) is 8. The number of aliphatic hydroxyl groups excluding tert-OH is 1. The first-order valence-corrected chi connectivity index (χ1v) is 10.3. The molecule has 0 saturated heterocycles. The predicted molar refractivity (Wildman–Crippen MR) is 119 cm³/mol. The lowest BCUT2D eigenvalue weighted by Crippen LogP contribution is -2.50. The van der Waals surface area contributed by atoms with Gasteiger partial charge >= 0.3 is 5.97 Å². The van der Waals surface area contributed by atoms with E-state index in [2.05, 4.69) is 20.8 Å². The molecule has 0 unspecified atom stereocenters. The summed E-state index contributed by atoms with van der Waals surface area (Å²) in [7, 11) is 0. The molecule has 3 aromatic rings. The van der Waals surface area contributed by atoms with E-state index in [1.165, 1.54) is 0 Å². The maximum atomic E-state index is 12.6. The Labute approximate surface area is 189 Å². The second-order valence-corrected chi connectivity index (χ2v) is 8.15. The average molecular weight is 461 g/mol. The molecule has 0 aliphatic rings. The molecular weight excluding hydrogens is 436 g/mol. The molecule has 5 N–H and O–H groups in total. The standard InChI is InChI=1S/C21H25ClN6O4/c1-21(2,23)20(31)25-16(11-17(30)32-14-6-4-3-5-7-14)19-27-26-18-15(24-8-9-29)10-13(22)12-28(18)19/h3-7,10,12,16,24,29H,8-9,11,23H2,1-2H3,(H,25,31)/t16-/m1/s1. The largest absolute Gasteiger partial charge is 0.426 e. The van der Waals surface area contributed by atoms with E-state index in [1.54, 1.807) is 60.8 Å². The van der Waals surface area contributed by atoms with Crippen LogP contribution in [0.15, 0.2) is 42.6 Å². The van der Waals surface area contributed by atoms with Crippen molar-refractivity contribution in [1.82, 2.24) is 19.9 Å². The lowest BCUT2D eigenvalue weighted by atomic mass is 10.0. The molecule has 2 aromatic heterocycles. The summed E-state index contributed by atoms with van der Waals surface area (Å²) in [5.74, 6) is -0.398. The zero-order chi connectivity index (χ0) is 23.3. The van der Waals surface area contributed by atoms with E-state index >= 15 is 0 Å². The van der Waals surface area contributed by atoms with E-state index in [0.717, 1.165) is 0 Å². The van der Waals surface area contributed by atoms with Gasteiger partial charge in [-0.2, -0.15) is 0 Å². The molecule has 0 bridgehead atoms. The van der Waals surface area contributed by atoms with Gasteiger partial charge in [-0.05, 0) is 32.0 Å². The topological polar surface area (TPSA) is 144 Å². The van der Waals surface area contributed by atoms with E-state index in [1.807, 2.05) is 0 Å². The average Bonchev–Trinajstić information content (AvgIpc) is 3.15. The molecule has 2 heterocycles. The van der Waals surface area contributed by atoms with E-state index in [-0.39, 0.29) is 25.4 Å². The van der Waals surface area contributed by atoms with Crippen molar-refractivity contribution in [3.8, 4) is 5.75 Å². The Hall–Kier alpha value is -3.21. The number of nitrogens with one attached hydrogen (secondary N) is 2. The molecule has 0 saturated carbocycles. The molecule has 1 aromatic carbocycles. The minimum absolute atomic E-state index is 0.0880. The monoisotopic (exact) mass is 460 g/mol. The van der Waals surface area contributed by atoms with Crippen LogP contribution in [0.2, 0.25) is 5.02 Å². The highest BCUT2D eigenvalue weighted by molar-refractivity contribution is 6.30. The molecule has 170 valence electrons. The number of halogens is 1. The Morgan fingerprint density at radius 3 is 2.66 bits per heavy atom. The predicted octanol–water partition coefficient (Wildman–Crippen LogP) is 1.68. The lowest BCUT2D eigenvalue weighted by Gasteiger charge is -2.23. The second kappa shape index (κ2) is 9.94. The molecular formula is C21H25ClN6O4. The van der Waals surface area contributed by atoms with Crippen molar-refractivity contribution in [3.05, 3.63) is 53.4 Å². The number of esters is 1. The lowest BCUT2D eigenvalue weighted by molar-refractivity contribution is -0.135. The summed E-state index contributed by atoms with van der Waals surface area (Å²) < 4.78 is 6.95. The quantitative estimate of drug-likeness (QED) is 0.279. The number of anilines is 1. The number of carbonyl (C=O) groups excluding carboxylic acids is 2. The highest BCUT2D eigenvalue weighted by Gasteiger charge is 2.30. The maximum Gasteiger partial charge on any atom is 0.313 e. The fourth-order valence-corrected chi connectivity index (χ4v) is 3.12. The number of rotatable bonds is 9. The van der Waals surface area contributed by atoms with Crippen molar-refractivity contribution in [2.45, 2.75) is 31.8 Å². The molecule has 0 aliphatic carbocycles. The van der Waals surface area contributed by atoms with Crippen molar-refractivity contribution in [3.63, 3.8) is 0 Å².